The number of halogens is 2. The topological polar surface area (TPSA) is 70.7 Å². The minimum atomic E-state index is -0.156. The summed E-state index contributed by atoms with van der Waals surface area (Å²) < 4.78 is 5.27. The van der Waals surface area contributed by atoms with E-state index in [0.29, 0.717) is 47.6 Å². The minimum Gasteiger partial charge on any atom is -0.378 e. The van der Waals surface area contributed by atoms with Crippen molar-refractivity contribution in [3.8, 4) is 0 Å². The Morgan fingerprint density at radius 3 is 2.45 bits per heavy atom. The zero-order valence-corrected chi connectivity index (χ0v) is 17.6. The Morgan fingerprint density at radius 2 is 1.79 bits per heavy atom. The van der Waals surface area contributed by atoms with Crippen molar-refractivity contribution in [3.63, 3.8) is 0 Å². The predicted octanol–water partition coefficient (Wildman–Crippen LogP) is 3.76. The first kappa shape index (κ1) is 21.4. The highest BCUT2D eigenvalue weighted by Gasteiger charge is 2.20. The Bertz CT molecular complexity index is 868. The molecule has 1 saturated heterocycles. The number of benzene rings is 2. The Labute approximate surface area is 180 Å². The number of morpholine rings is 1. The molecule has 0 saturated carbocycles. The Kier molecular flexibility index (Phi) is 7.36. The summed E-state index contributed by atoms with van der Waals surface area (Å²) in [5.41, 5.74) is 2.08. The van der Waals surface area contributed by atoms with Gasteiger partial charge in [-0.3, -0.25) is 9.59 Å². The van der Waals surface area contributed by atoms with Crippen LogP contribution in [-0.2, 0) is 9.53 Å². The average Bonchev–Trinajstić information content (AvgIpc) is 2.73. The Morgan fingerprint density at radius 1 is 1.10 bits per heavy atom. The average molecular weight is 436 g/mol. The van der Waals surface area contributed by atoms with Gasteiger partial charge in [-0.1, -0.05) is 35.3 Å². The molecule has 2 N–H and O–H groups in total. The van der Waals surface area contributed by atoms with E-state index in [1.54, 1.807) is 35.2 Å². The van der Waals surface area contributed by atoms with Gasteiger partial charge in [0.15, 0.2) is 0 Å². The van der Waals surface area contributed by atoms with Crippen LogP contribution in [0, 0.1) is 0 Å². The van der Waals surface area contributed by atoms with Crippen molar-refractivity contribution < 1.29 is 14.3 Å². The number of carbonyl (C=O) groups excluding carboxylic acids is 2. The molecule has 6 nitrogen and oxygen atoms in total. The molecule has 2 amide bonds. The van der Waals surface area contributed by atoms with Crippen LogP contribution in [0.25, 0.3) is 0 Å². The number of carbonyl (C=O) groups is 2. The summed E-state index contributed by atoms with van der Waals surface area (Å²) in [6, 6.07) is 12.3. The molecule has 0 aliphatic carbocycles. The van der Waals surface area contributed by atoms with E-state index in [0.717, 1.165) is 5.56 Å². The van der Waals surface area contributed by atoms with Crippen molar-refractivity contribution in [1.29, 1.82) is 0 Å². The first-order valence-corrected chi connectivity index (χ1v) is 10.1. The maximum absolute atomic E-state index is 12.6. The van der Waals surface area contributed by atoms with Gasteiger partial charge in [0, 0.05) is 23.8 Å². The first-order chi connectivity index (χ1) is 13.9. The minimum absolute atomic E-state index is 0.0883. The molecule has 0 aromatic heterocycles. The Balaban J connectivity index is 1.53. The molecular weight excluding hydrogens is 413 g/mol. The van der Waals surface area contributed by atoms with Crippen LogP contribution in [0.3, 0.4) is 0 Å². The van der Waals surface area contributed by atoms with Crippen LogP contribution in [-0.4, -0.2) is 49.6 Å². The van der Waals surface area contributed by atoms with E-state index in [4.69, 9.17) is 27.9 Å². The summed E-state index contributed by atoms with van der Waals surface area (Å²) in [6.07, 6.45) is 0. The summed E-state index contributed by atoms with van der Waals surface area (Å²) in [7, 11) is 0. The van der Waals surface area contributed by atoms with Crippen molar-refractivity contribution in [1.82, 2.24) is 10.2 Å². The van der Waals surface area contributed by atoms with Crippen LogP contribution in [0.4, 0.5) is 5.69 Å². The monoisotopic (exact) mass is 435 g/mol. The highest BCUT2D eigenvalue weighted by molar-refractivity contribution is 6.34. The number of ether oxygens (including phenoxy) is 1. The van der Waals surface area contributed by atoms with Gasteiger partial charge in [-0.05, 0) is 42.8 Å². The molecule has 29 heavy (non-hydrogen) atoms. The predicted molar refractivity (Wildman–Crippen MR) is 115 cm³/mol. The fourth-order valence-electron chi connectivity index (χ4n) is 3.04. The lowest BCUT2D eigenvalue weighted by molar-refractivity contribution is -0.120. The number of rotatable bonds is 6. The lowest BCUT2D eigenvalue weighted by Crippen LogP contribution is -2.40. The summed E-state index contributed by atoms with van der Waals surface area (Å²) in [6.45, 7) is 4.18. The lowest BCUT2D eigenvalue weighted by atomic mass is 10.1. The molecule has 1 unspecified atom stereocenters. The summed E-state index contributed by atoms with van der Waals surface area (Å²) >= 11 is 12.2. The zero-order valence-electron chi connectivity index (χ0n) is 16.1. The van der Waals surface area contributed by atoms with Crippen LogP contribution >= 0.6 is 23.2 Å². The second-order valence-corrected chi connectivity index (χ2v) is 7.64. The van der Waals surface area contributed by atoms with Gasteiger partial charge in [-0.15, -0.1) is 0 Å². The number of hydrogen-bond acceptors (Lipinski definition) is 4. The highest BCUT2D eigenvalue weighted by atomic mass is 35.5. The fraction of sp³-hybridized carbons (Fsp3) is 0.333. The van der Waals surface area contributed by atoms with E-state index >= 15 is 0 Å². The summed E-state index contributed by atoms with van der Waals surface area (Å²) in [5.74, 6) is -0.267. The van der Waals surface area contributed by atoms with Gasteiger partial charge in [-0.2, -0.15) is 0 Å². The van der Waals surface area contributed by atoms with Gasteiger partial charge in [0.1, 0.15) is 0 Å². The third-order valence-corrected chi connectivity index (χ3v) is 5.26. The van der Waals surface area contributed by atoms with E-state index in [1.807, 2.05) is 19.1 Å². The molecule has 1 fully saturated rings. The molecular formula is C21H23Cl2N3O3. The van der Waals surface area contributed by atoms with Crippen molar-refractivity contribution in [3.05, 3.63) is 63.6 Å². The molecule has 2 aromatic rings. The molecule has 0 radical (unpaired) electrons. The van der Waals surface area contributed by atoms with E-state index in [2.05, 4.69) is 10.6 Å². The largest absolute Gasteiger partial charge is 0.378 e. The summed E-state index contributed by atoms with van der Waals surface area (Å²) in [4.78, 5) is 26.5. The molecule has 1 heterocycles. The van der Waals surface area contributed by atoms with Gasteiger partial charge in [0.25, 0.3) is 5.91 Å². The fourth-order valence-corrected chi connectivity index (χ4v) is 3.43. The number of anilines is 1. The van der Waals surface area contributed by atoms with E-state index in [1.165, 1.54) is 0 Å². The van der Waals surface area contributed by atoms with Gasteiger partial charge in [0.05, 0.1) is 36.4 Å². The second kappa shape index (κ2) is 9.96. The normalized spacial score (nSPS) is 14.9. The van der Waals surface area contributed by atoms with E-state index in [9.17, 15) is 9.59 Å². The van der Waals surface area contributed by atoms with Crippen molar-refractivity contribution >= 4 is 40.7 Å². The third-order valence-electron chi connectivity index (χ3n) is 4.70. The lowest BCUT2D eigenvalue weighted by Gasteiger charge is -2.27. The number of nitrogens with zero attached hydrogens (tertiary/aromatic N) is 1. The highest BCUT2D eigenvalue weighted by Crippen LogP contribution is 2.23. The zero-order chi connectivity index (χ0) is 20.8. The molecule has 2 aromatic carbocycles. The van der Waals surface area contributed by atoms with E-state index < -0.39 is 0 Å². The molecule has 0 spiro atoms. The van der Waals surface area contributed by atoms with Gasteiger partial charge in [0.2, 0.25) is 5.91 Å². The molecule has 1 aliphatic rings. The molecule has 1 atom stereocenters. The molecule has 154 valence electrons. The van der Waals surface area contributed by atoms with Crippen LogP contribution in [0.15, 0.2) is 42.5 Å². The maximum Gasteiger partial charge on any atom is 0.255 e. The van der Waals surface area contributed by atoms with Crippen molar-refractivity contribution in [2.24, 2.45) is 0 Å². The SMILES string of the molecule is CC(NC(=O)CNc1ccc(C(=O)N2CCOCC2)c(Cl)c1)c1ccc(Cl)cc1. The quantitative estimate of drug-likeness (QED) is 0.724. The third kappa shape index (κ3) is 5.85. The van der Waals surface area contributed by atoms with Crippen LogP contribution in [0.1, 0.15) is 28.9 Å². The molecule has 0 bridgehead atoms. The van der Waals surface area contributed by atoms with E-state index in [-0.39, 0.29) is 24.4 Å². The van der Waals surface area contributed by atoms with Crippen molar-refractivity contribution in [2.75, 3.05) is 38.2 Å². The number of amides is 2. The smallest absolute Gasteiger partial charge is 0.255 e. The molecule has 3 rings (SSSR count). The van der Waals surface area contributed by atoms with Crippen LogP contribution in [0.5, 0.6) is 0 Å². The maximum atomic E-state index is 12.6. The van der Waals surface area contributed by atoms with Gasteiger partial charge in [-0.25, -0.2) is 0 Å². The van der Waals surface area contributed by atoms with Gasteiger partial charge >= 0.3 is 0 Å². The van der Waals surface area contributed by atoms with Gasteiger partial charge < -0.3 is 20.3 Å². The second-order valence-electron chi connectivity index (χ2n) is 6.79. The molecule has 1 aliphatic heterocycles. The Hall–Kier alpha value is -2.28. The standard InChI is InChI=1S/C21H23Cl2N3O3/c1-14(15-2-4-16(22)5-3-15)25-20(27)13-24-17-6-7-18(19(23)12-17)21(28)26-8-10-29-11-9-26/h2-7,12,14,24H,8-11,13H2,1H3,(H,25,27). The number of nitrogens with one attached hydrogen (secondary N) is 2. The summed E-state index contributed by atoms with van der Waals surface area (Å²) in [5, 5.41) is 6.96. The first-order valence-electron chi connectivity index (χ1n) is 9.39. The van der Waals surface area contributed by atoms with Crippen LogP contribution < -0.4 is 10.6 Å². The number of hydrogen-bond donors (Lipinski definition) is 2. The van der Waals surface area contributed by atoms with Crippen LogP contribution in [0.2, 0.25) is 10.0 Å². The van der Waals surface area contributed by atoms with Crippen molar-refractivity contribution in [2.45, 2.75) is 13.0 Å². The molecule has 8 heteroatoms.